The van der Waals surface area contributed by atoms with Crippen LogP contribution in [0, 0.1) is 0 Å². The van der Waals surface area contributed by atoms with Crippen molar-refractivity contribution in [3.63, 3.8) is 0 Å². The summed E-state index contributed by atoms with van der Waals surface area (Å²) < 4.78 is 4.96. The zero-order valence-electron chi connectivity index (χ0n) is 11.1. The van der Waals surface area contributed by atoms with Crippen LogP contribution in [0.15, 0.2) is 0 Å². The van der Waals surface area contributed by atoms with Gasteiger partial charge in [-0.15, -0.1) is 0 Å². The zero-order valence-corrected chi connectivity index (χ0v) is 11.1. The third kappa shape index (κ3) is 4.20. The summed E-state index contributed by atoms with van der Waals surface area (Å²) in [7, 11) is 0. The van der Waals surface area contributed by atoms with Crippen LogP contribution in [-0.2, 0) is 19.1 Å². The van der Waals surface area contributed by atoms with Crippen LogP contribution in [0.4, 0.5) is 0 Å². The van der Waals surface area contributed by atoms with Gasteiger partial charge in [-0.25, -0.2) is 4.79 Å². The first-order valence-corrected chi connectivity index (χ1v) is 6.48. The standard InChI is InChI=1S/C12H21N3O4/c1-2-19-12(18)9-5-3-4-6-15(9)11(17)8(13)7-10(14)16/h8-9H,2-7,13H2,1H3,(H2,14,16). The van der Waals surface area contributed by atoms with Crippen molar-refractivity contribution in [1.29, 1.82) is 0 Å². The van der Waals surface area contributed by atoms with Crippen molar-refractivity contribution in [3.05, 3.63) is 0 Å². The zero-order chi connectivity index (χ0) is 14.4. The number of primary amides is 1. The molecule has 1 aliphatic rings. The summed E-state index contributed by atoms with van der Waals surface area (Å²) in [5.74, 6) is -1.47. The summed E-state index contributed by atoms with van der Waals surface area (Å²) in [6.07, 6.45) is 2.02. The highest BCUT2D eigenvalue weighted by Gasteiger charge is 2.35. The summed E-state index contributed by atoms with van der Waals surface area (Å²) in [5.41, 5.74) is 10.7. The minimum absolute atomic E-state index is 0.217. The molecule has 7 heteroatoms. The molecule has 1 heterocycles. The smallest absolute Gasteiger partial charge is 0.328 e. The van der Waals surface area contributed by atoms with Crippen molar-refractivity contribution in [1.82, 2.24) is 4.90 Å². The second-order valence-corrected chi connectivity index (χ2v) is 4.57. The lowest BCUT2D eigenvalue weighted by Crippen LogP contribution is -2.54. The van der Waals surface area contributed by atoms with Crippen LogP contribution in [0.2, 0.25) is 0 Å². The molecule has 0 saturated carbocycles. The number of carbonyl (C=O) groups is 3. The Kier molecular flexibility index (Phi) is 5.75. The molecule has 1 aliphatic heterocycles. The van der Waals surface area contributed by atoms with E-state index in [0.717, 1.165) is 12.8 Å². The first-order chi connectivity index (χ1) is 8.97. The molecular weight excluding hydrogens is 250 g/mol. The Bertz CT molecular complexity index is 359. The van der Waals surface area contributed by atoms with Gasteiger partial charge in [0.15, 0.2) is 0 Å². The fourth-order valence-corrected chi connectivity index (χ4v) is 2.20. The molecule has 4 N–H and O–H groups in total. The van der Waals surface area contributed by atoms with E-state index in [1.54, 1.807) is 6.92 Å². The lowest BCUT2D eigenvalue weighted by molar-refractivity contribution is -0.157. The van der Waals surface area contributed by atoms with E-state index < -0.39 is 29.9 Å². The number of nitrogens with zero attached hydrogens (tertiary/aromatic N) is 1. The Labute approximate surface area is 112 Å². The van der Waals surface area contributed by atoms with Gasteiger partial charge in [-0.05, 0) is 26.2 Å². The number of esters is 1. The van der Waals surface area contributed by atoms with Gasteiger partial charge in [-0.1, -0.05) is 0 Å². The quantitative estimate of drug-likeness (QED) is 0.631. The number of carbonyl (C=O) groups excluding carboxylic acids is 3. The van der Waals surface area contributed by atoms with Crippen molar-refractivity contribution >= 4 is 17.8 Å². The summed E-state index contributed by atoms with van der Waals surface area (Å²) in [6.45, 7) is 2.44. The number of hydrogen-bond acceptors (Lipinski definition) is 5. The van der Waals surface area contributed by atoms with E-state index in [1.807, 2.05) is 0 Å². The topological polar surface area (TPSA) is 116 Å². The molecule has 0 aromatic heterocycles. The van der Waals surface area contributed by atoms with Crippen LogP contribution < -0.4 is 11.5 Å². The normalized spacial score (nSPS) is 20.7. The molecule has 1 rings (SSSR count). The van der Waals surface area contributed by atoms with Gasteiger partial charge in [0.25, 0.3) is 0 Å². The van der Waals surface area contributed by atoms with E-state index >= 15 is 0 Å². The minimum Gasteiger partial charge on any atom is -0.464 e. The lowest BCUT2D eigenvalue weighted by Gasteiger charge is -2.35. The highest BCUT2D eigenvalue weighted by molar-refractivity contribution is 5.90. The molecule has 1 saturated heterocycles. The second kappa shape index (κ2) is 7.08. The predicted molar refractivity (Wildman–Crippen MR) is 67.8 cm³/mol. The number of rotatable bonds is 5. The highest BCUT2D eigenvalue weighted by atomic mass is 16.5. The molecule has 0 spiro atoms. The third-order valence-corrected chi connectivity index (χ3v) is 3.08. The summed E-state index contributed by atoms with van der Waals surface area (Å²) in [6, 6.07) is -1.59. The average Bonchev–Trinajstić information content (AvgIpc) is 2.37. The van der Waals surface area contributed by atoms with Crippen LogP contribution in [-0.4, -0.2) is 47.9 Å². The van der Waals surface area contributed by atoms with Gasteiger partial charge in [-0.2, -0.15) is 0 Å². The maximum absolute atomic E-state index is 12.1. The number of piperidine rings is 1. The number of hydrogen-bond donors (Lipinski definition) is 2. The molecule has 2 unspecified atom stereocenters. The highest BCUT2D eigenvalue weighted by Crippen LogP contribution is 2.19. The number of nitrogens with two attached hydrogens (primary N) is 2. The molecule has 0 aliphatic carbocycles. The van der Waals surface area contributed by atoms with Gasteiger partial charge in [0.1, 0.15) is 6.04 Å². The molecule has 19 heavy (non-hydrogen) atoms. The fourth-order valence-electron chi connectivity index (χ4n) is 2.20. The Morgan fingerprint density at radius 1 is 1.37 bits per heavy atom. The van der Waals surface area contributed by atoms with E-state index in [0.29, 0.717) is 13.0 Å². The Balaban J connectivity index is 2.73. The molecule has 2 atom stereocenters. The molecule has 2 amide bonds. The van der Waals surface area contributed by atoms with Crippen molar-refractivity contribution in [3.8, 4) is 0 Å². The van der Waals surface area contributed by atoms with Gasteiger partial charge in [-0.3, -0.25) is 9.59 Å². The van der Waals surface area contributed by atoms with Gasteiger partial charge < -0.3 is 21.1 Å². The predicted octanol–water partition coefficient (Wildman–Crippen LogP) is -0.867. The van der Waals surface area contributed by atoms with Gasteiger partial charge in [0.05, 0.1) is 19.1 Å². The maximum Gasteiger partial charge on any atom is 0.328 e. The number of likely N-dealkylation sites (tertiary alicyclic amines) is 1. The van der Waals surface area contributed by atoms with E-state index in [1.165, 1.54) is 4.90 Å². The second-order valence-electron chi connectivity index (χ2n) is 4.57. The lowest BCUT2D eigenvalue weighted by atomic mass is 10.0. The average molecular weight is 271 g/mol. The van der Waals surface area contributed by atoms with E-state index in [2.05, 4.69) is 0 Å². The van der Waals surface area contributed by atoms with Crippen LogP contribution in [0.5, 0.6) is 0 Å². The van der Waals surface area contributed by atoms with E-state index in [-0.39, 0.29) is 13.0 Å². The summed E-state index contributed by atoms with van der Waals surface area (Å²) in [5, 5.41) is 0. The molecule has 0 aromatic rings. The van der Waals surface area contributed by atoms with Crippen LogP contribution >= 0.6 is 0 Å². The van der Waals surface area contributed by atoms with Crippen molar-refractivity contribution in [2.24, 2.45) is 11.5 Å². The molecular formula is C12H21N3O4. The van der Waals surface area contributed by atoms with Crippen LogP contribution in [0.1, 0.15) is 32.6 Å². The van der Waals surface area contributed by atoms with E-state index in [9.17, 15) is 14.4 Å². The van der Waals surface area contributed by atoms with Gasteiger partial charge in [0.2, 0.25) is 11.8 Å². The summed E-state index contributed by atoms with van der Waals surface area (Å²) >= 11 is 0. The van der Waals surface area contributed by atoms with Crippen molar-refractivity contribution < 1.29 is 19.1 Å². The van der Waals surface area contributed by atoms with E-state index in [4.69, 9.17) is 16.2 Å². The monoisotopic (exact) mass is 271 g/mol. The summed E-state index contributed by atoms with van der Waals surface area (Å²) in [4.78, 5) is 36.2. The molecule has 0 bridgehead atoms. The Morgan fingerprint density at radius 2 is 2.05 bits per heavy atom. The fraction of sp³-hybridized carbons (Fsp3) is 0.750. The largest absolute Gasteiger partial charge is 0.464 e. The van der Waals surface area contributed by atoms with Gasteiger partial charge in [0, 0.05) is 6.54 Å². The maximum atomic E-state index is 12.1. The molecule has 7 nitrogen and oxygen atoms in total. The Morgan fingerprint density at radius 3 is 2.63 bits per heavy atom. The van der Waals surface area contributed by atoms with Crippen molar-refractivity contribution in [2.45, 2.75) is 44.7 Å². The molecule has 0 radical (unpaired) electrons. The number of ether oxygens (including phenoxy) is 1. The molecule has 0 aromatic carbocycles. The Hall–Kier alpha value is -1.63. The molecule has 1 fully saturated rings. The van der Waals surface area contributed by atoms with Gasteiger partial charge >= 0.3 is 5.97 Å². The third-order valence-electron chi connectivity index (χ3n) is 3.08. The van der Waals surface area contributed by atoms with Crippen molar-refractivity contribution in [2.75, 3.05) is 13.2 Å². The first-order valence-electron chi connectivity index (χ1n) is 6.48. The molecule has 108 valence electrons. The SMILES string of the molecule is CCOC(=O)C1CCCCN1C(=O)C(N)CC(N)=O. The van der Waals surface area contributed by atoms with Crippen LogP contribution in [0.25, 0.3) is 0 Å². The minimum atomic E-state index is -0.993. The number of amides is 2. The first kappa shape index (κ1) is 15.4. The van der Waals surface area contributed by atoms with Crippen LogP contribution in [0.3, 0.4) is 0 Å².